The highest BCUT2D eigenvalue weighted by molar-refractivity contribution is 5.93. The minimum absolute atomic E-state index is 0.0434. The van der Waals surface area contributed by atoms with E-state index in [2.05, 4.69) is 5.32 Å². The number of carbonyl (C=O) groups excluding carboxylic acids is 1. The molecule has 3 rings (SSSR count). The summed E-state index contributed by atoms with van der Waals surface area (Å²) in [6.07, 6.45) is 0.310. The molecule has 102 valence electrons. The van der Waals surface area contributed by atoms with Crippen LogP contribution in [0.3, 0.4) is 0 Å². The molecule has 1 amide bonds. The SMILES string of the molecule is Cc1ccccc1NC(=O)Cc1ccc2c(c1)OCO2. The number of anilines is 1. The summed E-state index contributed by atoms with van der Waals surface area (Å²) in [6.45, 7) is 2.21. The minimum Gasteiger partial charge on any atom is -0.454 e. The highest BCUT2D eigenvalue weighted by Gasteiger charge is 2.14. The molecule has 2 aromatic carbocycles. The molecule has 0 radical (unpaired) electrons. The van der Waals surface area contributed by atoms with Gasteiger partial charge in [-0.05, 0) is 36.2 Å². The van der Waals surface area contributed by atoms with Gasteiger partial charge in [-0.3, -0.25) is 4.79 Å². The molecule has 2 aromatic rings. The number of amides is 1. The average Bonchev–Trinajstić information content (AvgIpc) is 2.89. The lowest BCUT2D eigenvalue weighted by molar-refractivity contribution is -0.115. The summed E-state index contributed by atoms with van der Waals surface area (Å²) in [5.41, 5.74) is 2.80. The number of hydrogen-bond donors (Lipinski definition) is 1. The fraction of sp³-hybridized carbons (Fsp3) is 0.188. The van der Waals surface area contributed by atoms with Crippen molar-refractivity contribution >= 4 is 11.6 Å². The van der Waals surface area contributed by atoms with Gasteiger partial charge < -0.3 is 14.8 Å². The Morgan fingerprint density at radius 1 is 1.15 bits per heavy atom. The highest BCUT2D eigenvalue weighted by Crippen LogP contribution is 2.32. The number of para-hydroxylation sites is 1. The largest absolute Gasteiger partial charge is 0.454 e. The summed E-state index contributed by atoms with van der Waals surface area (Å²) in [5, 5.41) is 2.92. The minimum atomic E-state index is -0.0434. The maximum atomic E-state index is 12.1. The lowest BCUT2D eigenvalue weighted by Crippen LogP contribution is -2.15. The molecule has 0 aromatic heterocycles. The van der Waals surface area contributed by atoms with Gasteiger partial charge in [0, 0.05) is 5.69 Å². The molecule has 0 atom stereocenters. The molecule has 0 fully saturated rings. The summed E-state index contributed by atoms with van der Waals surface area (Å²) >= 11 is 0. The summed E-state index contributed by atoms with van der Waals surface area (Å²) in [4.78, 5) is 12.1. The normalized spacial score (nSPS) is 12.2. The standard InChI is InChI=1S/C16H15NO3/c1-11-4-2-3-5-13(11)17-16(18)9-12-6-7-14-15(8-12)20-10-19-14/h2-8H,9-10H2,1H3,(H,17,18). The van der Waals surface area contributed by atoms with Crippen LogP contribution < -0.4 is 14.8 Å². The van der Waals surface area contributed by atoms with Gasteiger partial charge in [-0.25, -0.2) is 0 Å². The van der Waals surface area contributed by atoms with Gasteiger partial charge in [0.2, 0.25) is 12.7 Å². The Morgan fingerprint density at radius 3 is 2.80 bits per heavy atom. The van der Waals surface area contributed by atoms with Crippen molar-refractivity contribution in [2.24, 2.45) is 0 Å². The summed E-state index contributed by atoms with van der Waals surface area (Å²) in [7, 11) is 0. The number of aryl methyl sites for hydroxylation is 1. The van der Waals surface area contributed by atoms with Crippen LogP contribution in [0, 0.1) is 6.92 Å². The Labute approximate surface area is 117 Å². The van der Waals surface area contributed by atoms with Crippen molar-refractivity contribution in [3.63, 3.8) is 0 Å². The maximum absolute atomic E-state index is 12.1. The van der Waals surface area contributed by atoms with Gasteiger partial charge >= 0.3 is 0 Å². The van der Waals surface area contributed by atoms with Crippen molar-refractivity contribution in [1.82, 2.24) is 0 Å². The molecule has 0 saturated heterocycles. The van der Waals surface area contributed by atoms with Crippen LogP contribution >= 0.6 is 0 Å². The molecule has 0 saturated carbocycles. The number of benzene rings is 2. The molecule has 0 spiro atoms. The molecule has 4 nitrogen and oxygen atoms in total. The van der Waals surface area contributed by atoms with E-state index in [0.29, 0.717) is 12.2 Å². The molecule has 0 aliphatic carbocycles. The predicted molar refractivity (Wildman–Crippen MR) is 76.1 cm³/mol. The number of fused-ring (bicyclic) bond motifs is 1. The van der Waals surface area contributed by atoms with Crippen LogP contribution in [0.4, 0.5) is 5.69 Å². The Hall–Kier alpha value is -2.49. The predicted octanol–water partition coefficient (Wildman–Crippen LogP) is 2.90. The monoisotopic (exact) mass is 269 g/mol. The Balaban J connectivity index is 1.69. The first-order valence-electron chi connectivity index (χ1n) is 6.46. The van der Waals surface area contributed by atoms with E-state index in [-0.39, 0.29) is 12.7 Å². The third kappa shape index (κ3) is 2.59. The summed E-state index contributed by atoms with van der Waals surface area (Å²) in [5.74, 6) is 1.39. The van der Waals surface area contributed by atoms with Crippen LogP contribution in [0.5, 0.6) is 11.5 Å². The van der Waals surface area contributed by atoms with E-state index in [1.807, 2.05) is 49.4 Å². The third-order valence-electron chi connectivity index (χ3n) is 3.22. The van der Waals surface area contributed by atoms with E-state index in [9.17, 15) is 4.79 Å². The van der Waals surface area contributed by atoms with E-state index < -0.39 is 0 Å². The molecule has 1 heterocycles. The first kappa shape index (κ1) is 12.5. The lowest BCUT2D eigenvalue weighted by Gasteiger charge is -2.08. The maximum Gasteiger partial charge on any atom is 0.231 e. The summed E-state index contributed by atoms with van der Waals surface area (Å²) in [6, 6.07) is 13.3. The van der Waals surface area contributed by atoms with Gasteiger partial charge in [0.25, 0.3) is 0 Å². The zero-order valence-corrected chi connectivity index (χ0v) is 11.2. The quantitative estimate of drug-likeness (QED) is 0.932. The van der Waals surface area contributed by atoms with Crippen molar-refractivity contribution in [2.75, 3.05) is 12.1 Å². The third-order valence-corrected chi connectivity index (χ3v) is 3.22. The number of rotatable bonds is 3. The van der Waals surface area contributed by atoms with Crippen molar-refractivity contribution < 1.29 is 14.3 Å². The van der Waals surface area contributed by atoms with Crippen molar-refractivity contribution in [3.8, 4) is 11.5 Å². The first-order chi connectivity index (χ1) is 9.72. The fourth-order valence-corrected chi connectivity index (χ4v) is 2.14. The molecule has 0 bridgehead atoms. The second-order valence-electron chi connectivity index (χ2n) is 4.73. The van der Waals surface area contributed by atoms with Crippen LogP contribution in [-0.2, 0) is 11.2 Å². The Kier molecular flexibility index (Phi) is 3.29. The van der Waals surface area contributed by atoms with Gasteiger partial charge in [0.1, 0.15) is 0 Å². The van der Waals surface area contributed by atoms with E-state index in [1.165, 1.54) is 0 Å². The molecule has 20 heavy (non-hydrogen) atoms. The van der Waals surface area contributed by atoms with Crippen LogP contribution in [0.15, 0.2) is 42.5 Å². The smallest absolute Gasteiger partial charge is 0.231 e. The lowest BCUT2D eigenvalue weighted by atomic mass is 10.1. The number of nitrogens with one attached hydrogen (secondary N) is 1. The van der Waals surface area contributed by atoms with Crippen molar-refractivity contribution in [3.05, 3.63) is 53.6 Å². The Morgan fingerprint density at radius 2 is 1.95 bits per heavy atom. The van der Waals surface area contributed by atoms with E-state index in [4.69, 9.17) is 9.47 Å². The van der Waals surface area contributed by atoms with E-state index in [1.54, 1.807) is 0 Å². The van der Waals surface area contributed by atoms with Crippen LogP contribution in [0.25, 0.3) is 0 Å². The zero-order valence-electron chi connectivity index (χ0n) is 11.2. The molecule has 1 N–H and O–H groups in total. The van der Waals surface area contributed by atoms with Crippen LogP contribution in [-0.4, -0.2) is 12.7 Å². The zero-order chi connectivity index (χ0) is 13.9. The second-order valence-corrected chi connectivity index (χ2v) is 4.73. The van der Waals surface area contributed by atoms with Crippen molar-refractivity contribution in [1.29, 1.82) is 0 Å². The fourth-order valence-electron chi connectivity index (χ4n) is 2.14. The van der Waals surface area contributed by atoms with Gasteiger partial charge in [-0.2, -0.15) is 0 Å². The molecule has 0 unspecified atom stereocenters. The van der Waals surface area contributed by atoms with Gasteiger partial charge in [0.15, 0.2) is 11.5 Å². The van der Waals surface area contributed by atoms with Gasteiger partial charge in [-0.15, -0.1) is 0 Å². The summed E-state index contributed by atoms with van der Waals surface area (Å²) < 4.78 is 10.6. The van der Waals surface area contributed by atoms with E-state index in [0.717, 1.165) is 22.6 Å². The van der Waals surface area contributed by atoms with Crippen LogP contribution in [0.2, 0.25) is 0 Å². The molecular formula is C16H15NO3. The number of hydrogen-bond acceptors (Lipinski definition) is 3. The molecule has 1 aliphatic heterocycles. The van der Waals surface area contributed by atoms with Gasteiger partial charge in [0.05, 0.1) is 6.42 Å². The number of carbonyl (C=O) groups is 1. The Bertz CT molecular complexity index is 652. The number of ether oxygens (including phenoxy) is 2. The van der Waals surface area contributed by atoms with Crippen LogP contribution in [0.1, 0.15) is 11.1 Å². The highest BCUT2D eigenvalue weighted by atomic mass is 16.7. The second kappa shape index (κ2) is 5.25. The topological polar surface area (TPSA) is 47.6 Å². The van der Waals surface area contributed by atoms with Crippen molar-refractivity contribution in [2.45, 2.75) is 13.3 Å². The molecule has 4 heteroatoms. The molecule has 1 aliphatic rings. The average molecular weight is 269 g/mol. The van der Waals surface area contributed by atoms with Gasteiger partial charge in [-0.1, -0.05) is 24.3 Å². The molecular weight excluding hydrogens is 254 g/mol. The van der Waals surface area contributed by atoms with E-state index >= 15 is 0 Å². The first-order valence-corrected chi connectivity index (χ1v) is 6.46.